The molecular formula is C11H8N2O6. The molecule has 1 N–H and O–H groups in total. The van der Waals surface area contributed by atoms with Gasteiger partial charge < -0.3 is 14.4 Å². The second-order valence-electron chi connectivity index (χ2n) is 3.53. The Balaban J connectivity index is 2.47. The Morgan fingerprint density at radius 1 is 1.47 bits per heavy atom. The number of carboxylic acids is 1. The first-order valence-electron chi connectivity index (χ1n) is 5.05. The van der Waals surface area contributed by atoms with Crippen LogP contribution in [0.2, 0.25) is 0 Å². The molecule has 0 atom stereocenters. The molecule has 0 fully saturated rings. The number of hydrogen-bond donors (Lipinski definition) is 1. The van der Waals surface area contributed by atoms with E-state index in [0.29, 0.717) is 5.56 Å². The highest BCUT2D eigenvalue weighted by Gasteiger charge is 2.18. The SMILES string of the molecule is COc1ccc(-c2cc(C(=O)O)on2)cc1[N+](=O)[O-]. The van der Waals surface area contributed by atoms with E-state index in [0.717, 1.165) is 0 Å². The number of aromatic nitrogens is 1. The molecule has 0 aliphatic carbocycles. The second-order valence-corrected chi connectivity index (χ2v) is 3.53. The third kappa shape index (κ3) is 2.37. The molecule has 0 bridgehead atoms. The summed E-state index contributed by atoms with van der Waals surface area (Å²) in [5.41, 5.74) is 0.326. The van der Waals surface area contributed by atoms with Crippen molar-refractivity contribution in [3.05, 3.63) is 40.1 Å². The maximum absolute atomic E-state index is 10.9. The van der Waals surface area contributed by atoms with Crippen molar-refractivity contribution in [1.29, 1.82) is 0 Å². The average Bonchev–Trinajstić information content (AvgIpc) is 2.87. The third-order valence-corrected chi connectivity index (χ3v) is 2.39. The quantitative estimate of drug-likeness (QED) is 0.662. The number of nitrogens with zero attached hydrogens (tertiary/aromatic N) is 2. The van der Waals surface area contributed by atoms with Gasteiger partial charge in [0.1, 0.15) is 5.69 Å². The molecule has 2 aromatic rings. The lowest BCUT2D eigenvalue weighted by molar-refractivity contribution is -0.385. The first-order valence-corrected chi connectivity index (χ1v) is 5.05. The fraction of sp³-hybridized carbons (Fsp3) is 0.0909. The summed E-state index contributed by atoms with van der Waals surface area (Å²) in [7, 11) is 1.32. The highest BCUT2D eigenvalue weighted by molar-refractivity contribution is 5.85. The van der Waals surface area contributed by atoms with Gasteiger partial charge in [0.2, 0.25) is 5.76 Å². The average molecular weight is 264 g/mol. The summed E-state index contributed by atoms with van der Waals surface area (Å²) in [6.45, 7) is 0. The van der Waals surface area contributed by atoms with Gasteiger partial charge in [-0.1, -0.05) is 5.16 Å². The third-order valence-electron chi connectivity index (χ3n) is 2.39. The number of rotatable bonds is 4. The van der Waals surface area contributed by atoms with Crippen LogP contribution < -0.4 is 4.74 Å². The summed E-state index contributed by atoms with van der Waals surface area (Å²) < 4.78 is 9.45. The van der Waals surface area contributed by atoms with Gasteiger partial charge >= 0.3 is 11.7 Å². The zero-order chi connectivity index (χ0) is 14.0. The first-order chi connectivity index (χ1) is 9.02. The molecule has 0 unspecified atom stereocenters. The van der Waals surface area contributed by atoms with Gasteiger partial charge in [-0.3, -0.25) is 10.1 Å². The van der Waals surface area contributed by atoms with Crippen LogP contribution in [-0.2, 0) is 0 Å². The summed E-state index contributed by atoms with van der Waals surface area (Å²) >= 11 is 0. The molecule has 19 heavy (non-hydrogen) atoms. The number of ether oxygens (including phenoxy) is 1. The molecule has 0 radical (unpaired) electrons. The molecule has 2 rings (SSSR count). The summed E-state index contributed by atoms with van der Waals surface area (Å²) in [6.07, 6.45) is 0. The second kappa shape index (κ2) is 4.77. The smallest absolute Gasteiger partial charge is 0.374 e. The molecule has 1 aromatic carbocycles. The van der Waals surface area contributed by atoms with Crippen molar-refractivity contribution in [2.45, 2.75) is 0 Å². The van der Waals surface area contributed by atoms with Crippen LogP contribution in [-0.4, -0.2) is 28.3 Å². The lowest BCUT2D eigenvalue weighted by atomic mass is 10.1. The van der Waals surface area contributed by atoms with E-state index in [4.69, 9.17) is 9.84 Å². The minimum Gasteiger partial charge on any atom is -0.490 e. The highest BCUT2D eigenvalue weighted by atomic mass is 16.6. The van der Waals surface area contributed by atoms with Crippen molar-refractivity contribution in [2.75, 3.05) is 7.11 Å². The van der Waals surface area contributed by atoms with Crippen molar-refractivity contribution in [2.24, 2.45) is 0 Å². The van der Waals surface area contributed by atoms with Gasteiger partial charge in [-0.2, -0.15) is 0 Å². The van der Waals surface area contributed by atoms with E-state index in [-0.39, 0.29) is 22.9 Å². The van der Waals surface area contributed by atoms with Gasteiger partial charge in [0.15, 0.2) is 5.75 Å². The van der Waals surface area contributed by atoms with E-state index in [1.54, 1.807) is 0 Å². The molecule has 0 saturated heterocycles. The molecule has 1 heterocycles. The number of hydrogen-bond acceptors (Lipinski definition) is 6. The van der Waals surface area contributed by atoms with Crippen LogP contribution in [0.1, 0.15) is 10.6 Å². The Hall–Kier alpha value is -2.90. The number of methoxy groups -OCH3 is 1. The standard InChI is InChI=1S/C11H8N2O6/c1-18-9-3-2-6(4-8(9)13(16)17)7-5-10(11(14)15)19-12-7/h2-5H,1H3,(H,14,15). The van der Waals surface area contributed by atoms with Gasteiger partial charge in [0.05, 0.1) is 12.0 Å². The summed E-state index contributed by atoms with van der Waals surface area (Å²) in [5, 5.41) is 23.1. The predicted molar refractivity (Wildman–Crippen MR) is 62.1 cm³/mol. The zero-order valence-electron chi connectivity index (χ0n) is 9.69. The maximum atomic E-state index is 10.9. The molecule has 8 heteroatoms. The number of carboxylic acid groups (broad SMARTS) is 1. The fourth-order valence-electron chi connectivity index (χ4n) is 1.50. The van der Waals surface area contributed by atoms with Crippen LogP contribution in [0.5, 0.6) is 5.75 Å². The van der Waals surface area contributed by atoms with Crippen molar-refractivity contribution >= 4 is 11.7 Å². The minimum absolute atomic E-state index is 0.107. The van der Waals surface area contributed by atoms with Crippen molar-refractivity contribution in [3.63, 3.8) is 0 Å². The van der Waals surface area contributed by atoms with Crippen molar-refractivity contribution < 1.29 is 24.1 Å². The van der Waals surface area contributed by atoms with Crippen LogP contribution in [0.3, 0.4) is 0 Å². The molecule has 98 valence electrons. The number of benzene rings is 1. The first kappa shape index (κ1) is 12.6. The molecule has 0 amide bonds. The van der Waals surface area contributed by atoms with E-state index >= 15 is 0 Å². The molecular weight excluding hydrogens is 256 g/mol. The van der Waals surface area contributed by atoms with Crippen molar-refractivity contribution in [3.8, 4) is 17.0 Å². The van der Waals surface area contributed by atoms with Gasteiger partial charge in [-0.25, -0.2) is 4.79 Å². The molecule has 0 aliphatic rings. The Morgan fingerprint density at radius 2 is 2.21 bits per heavy atom. The lowest BCUT2D eigenvalue weighted by Gasteiger charge is -2.02. The maximum Gasteiger partial charge on any atom is 0.374 e. The number of carbonyl (C=O) groups is 1. The minimum atomic E-state index is -1.26. The number of aromatic carboxylic acids is 1. The summed E-state index contributed by atoms with van der Waals surface area (Å²) in [6, 6.07) is 5.36. The largest absolute Gasteiger partial charge is 0.490 e. The van der Waals surface area contributed by atoms with Crippen LogP contribution >= 0.6 is 0 Å². The molecule has 1 aromatic heterocycles. The summed E-state index contributed by atoms with van der Waals surface area (Å²) in [4.78, 5) is 20.9. The van der Waals surface area contributed by atoms with Crippen LogP contribution in [0.25, 0.3) is 11.3 Å². The van der Waals surface area contributed by atoms with E-state index in [9.17, 15) is 14.9 Å². The van der Waals surface area contributed by atoms with Crippen LogP contribution in [0.4, 0.5) is 5.69 Å². The fourth-order valence-corrected chi connectivity index (χ4v) is 1.50. The Bertz CT molecular complexity index is 648. The topological polar surface area (TPSA) is 116 Å². The molecule has 0 spiro atoms. The summed E-state index contributed by atoms with van der Waals surface area (Å²) in [5.74, 6) is -1.49. The van der Waals surface area contributed by atoms with Crippen LogP contribution in [0.15, 0.2) is 28.8 Å². The highest BCUT2D eigenvalue weighted by Crippen LogP contribution is 2.31. The monoisotopic (exact) mass is 264 g/mol. The molecule has 0 saturated carbocycles. The Kier molecular flexibility index (Phi) is 3.15. The van der Waals surface area contributed by atoms with Gasteiger partial charge in [-0.15, -0.1) is 0 Å². The van der Waals surface area contributed by atoms with Gasteiger partial charge in [0, 0.05) is 17.7 Å². The Morgan fingerprint density at radius 3 is 2.74 bits per heavy atom. The normalized spacial score (nSPS) is 10.2. The zero-order valence-corrected chi connectivity index (χ0v) is 9.69. The van der Waals surface area contributed by atoms with Gasteiger partial charge in [0.25, 0.3) is 0 Å². The lowest BCUT2D eigenvalue weighted by Crippen LogP contribution is -1.94. The van der Waals surface area contributed by atoms with E-state index in [2.05, 4.69) is 9.68 Å². The van der Waals surface area contributed by atoms with E-state index in [1.807, 2.05) is 0 Å². The predicted octanol–water partition coefficient (Wildman–Crippen LogP) is 1.96. The Labute approximate surface area is 106 Å². The molecule has 0 aliphatic heterocycles. The van der Waals surface area contributed by atoms with Crippen LogP contribution in [0, 0.1) is 10.1 Å². The van der Waals surface area contributed by atoms with E-state index in [1.165, 1.54) is 31.4 Å². The van der Waals surface area contributed by atoms with Gasteiger partial charge in [-0.05, 0) is 12.1 Å². The number of nitro groups is 1. The number of nitro benzene ring substituents is 1. The van der Waals surface area contributed by atoms with Crippen molar-refractivity contribution in [1.82, 2.24) is 5.16 Å². The van der Waals surface area contributed by atoms with E-state index < -0.39 is 10.9 Å². The molecule has 8 nitrogen and oxygen atoms in total.